The summed E-state index contributed by atoms with van der Waals surface area (Å²) in [4.78, 5) is 12.3. The van der Waals surface area contributed by atoms with E-state index in [1.54, 1.807) is 0 Å². The van der Waals surface area contributed by atoms with Crippen LogP contribution in [0.2, 0.25) is 0 Å². The van der Waals surface area contributed by atoms with Crippen molar-refractivity contribution in [3.05, 3.63) is 11.6 Å². The summed E-state index contributed by atoms with van der Waals surface area (Å²) in [7, 11) is 0. The number of Topliss-reactive ketones (excluding diaryl/α,β-unsaturated/α-hetero) is 1. The molecule has 4 rings (SSSR count). The Balaban J connectivity index is 1.79. The van der Waals surface area contributed by atoms with Crippen molar-refractivity contribution in [3.63, 3.8) is 0 Å². The van der Waals surface area contributed by atoms with Gasteiger partial charge in [0.1, 0.15) is 5.78 Å². The van der Waals surface area contributed by atoms with E-state index in [2.05, 4.69) is 19.9 Å². The number of carbonyl (C=O) groups is 1. The third kappa shape index (κ3) is 1.94. The molecule has 4 aliphatic rings. The van der Waals surface area contributed by atoms with Crippen LogP contribution in [0.3, 0.4) is 0 Å². The van der Waals surface area contributed by atoms with E-state index in [1.165, 1.54) is 5.57 Å². The van der Waals surface area contributed by atoms with Crippen LogP contribution in [0.1, 0.15) is 59.3 Å². The summed E-state index contributed by atoms with van der Waals surface area (Å²) in [5.74, 6) is 2.31. The zero-order valence-electron chi connectivity index (χ0n) is 15.3. The average molecular weight is 332 g/mol. The van der Waals surface area contributed by atoms with Gasteiger partial charge in [-0.1, -0.05) is 32.4 Å². The normalized spacial score (nSPS) is 53.9. The minimum absolute atomic E-state index is 0.0308. The van der Waals surface area contributed by atoms with Gasteiger partial charge in [-0.25, -0.2) is 0 Å². The monoisotopic (exact) mass is 332 g/mol. The van der Waals surface area contributed by atoms with Gasteiger partial charge in [-0.3, -0.25) is 4.79 Å². The first-order valence-electron chi connectivity index (χ1n) is 9.89. The fourth-order valence-electron chi connectivity index (χ4n) is 7.25. The van der Waals surface area contributed by atoms with Crippen LogP contribution in [0.5, 0.6) is 0 Å². The van der Waals surface area contributed by atoms with Gasteiger partial charge in [0.15, 0.2) is 0 Å². The number of fused-ring (bicyclic) bond motifs is 5. The molecule has 0 aromatic rings. The topological polar surface area (TPSA) is 57.5 Å². The van der Waals surface area contributed by atoms with E-state index in [0.717, 1.165) is 32.1 Å². The SMILES string of the molecule is C[C@@H]1C(=O)CC[C@@]2(CO)C1=C[C@@H](C)[C@@H]1[C@@H]2CC[C@]2(C)[C@@H](O)CC[C@@H]12. The average Bonchev–Trinajstić information content (AvgIpc) is 2.87. The highest BCUT2D eigenvalue weighted by Crippen LogP contribution is 2.66. The summed E-state index contributed by atoms with van der Waals surface area (Å²) in [6.45, 7) is 6.80. The Bertz CT molecular complexity index is 582. The van der Waals surface area contributed by atoms with Crippen LogP contribution in [-0.4, -0.2) is 28.7 Å². The maximum atomic E-state index is 12.3. The smallest absolute Gasteiger partial charge is 0.139 e. The van der Waals surface area contributed by atoms with Gasteiger partial charge in [-0.05, 0) is 61.2 Å². The molecule has 0 unspecified atom stereocenters. The molecule has 3 heteroatoms. The van der Waals surface area contributed by atoms with Crippen LogP contribution >= 0.6 is 0 Å². The summed E-state index contributed by atoms with van der Waals surface area (Å²) in [5.41, 5.74) is 1.10. The van der Waals surface area contributed by atoms with E-state index in [9.17, 15) is 15.0 Å². The molecule has 3 nitrogen and oxygen atoms in total. The van der Waals surface area contributed by atoms with Crippen LogP contribution in [0, 0.1) is 40.4 Å². The molecule has 24 heavy (non-hydrogen) atoms. The number of rotatable bonds is 1. The molecular formula is C21H32O3. The summed E-state index contributed by atoms with van der Waals surface area (Å²) < 4.78 is 0. The lowest BCUT2D eigenvalue weighted by molar-refractivity contribution is -0.131. The van der Waals surface area contributed by atoms with E-state index in [4.69, 9.17) is 0 Å². The van der Waals surface area contributed by atoms with E-state index in [-0.39, 0.29) is 29.5 Å². The van der Waals surface area contributed by atoms with E-state index >= 15 is 0 Å². The predicted octanol–water partition coefficient (Wildman–Crippen LogP) is 3.34. The van der Waals surface area contributed by atoms with Gasteiger partial charge in [0, 0.05) is 17.8 Å². The highest BCUT2D eigenvalue weighted by atomic mass is 16.3. The fourth-order valence-corrected chi connectivity index (χ4v) is 7.25. The molecule has 0 aromatic heterocycles. The molecular weight excluding hydrogens is 300 g/mol. The highest BCUT2D eigenvalue weighted by molar-refractivity contribution is 5.85. The van der Waals surface area contributed by atoms with Gasteiger partial charge >= 0.3 is 0 Å². The maximum Gasteiger partial charge on any atom is 0.139 e. The maximum absolute atomic E-state index is 12.3. The predicted molar refractivity (Wildman–Crippen MR) is 93.2 cm³/mol. The van der Waals surface area contributed by atoms with Crippen LogP contribution in [0.15, 0.2) is 11.6 Å². The van der Waals surface area contributed by atoms with Gasteiger partial charge in [-0.2, -0.15) is 0 Å². The van der Waals surface area contributed by atoms with Crippen LogP contribution in [-0.2, 0) is 4.79 Å². The quantitative estimate of drug-likeness (QED) is 0.724. The molecule has 2 N–H and O–H groups in total. The molecule has 134 valence electrons. The number of allylic oxidation sites excluding steroid dienone is 1. The first kappa shape index (κ1) is 16.8. The molecule has 0 saturated heterocycles. The van der Waals surface area contributed by atoms with Crippen molar-refractivity contribution in [2.45, 2.75) is 65.4 Å². The van der Waals surface area contributed by atoms with Gasteiger partial charge < -0.3 is 10.2 Å². The largest absolute Gasteiger partial charge is 0.395 e. The van der Waals surface area contributed by atoms with Crippen LogP contribution < -0.4 is 0 Å². The molecule has 0 spiro atoms. The minimum atomic E-state index is -0.181. The van der Waals surface area contributed by atoms with Gasteiger partial charge in [0.2, 0.25) is 0 Å². The van der Waals surface area contributed by atoms with Gasteiger partial charge in [-0.15, -0.1) is 0 Å². The summed E-state index contributed by atoms with van der Waals surface area (Å²) in [6, 6.07) is 0. The zero-order chi connectivity index (χ0) is 17.3. The molecule has 0 bridgehead atoms. The molecule has 0 amide bonds. The van der Waals surface area contributed by atoms with Gasteiger partial charge in [0.05, 0.1) is 12.7 Å². The zero-order valence-corrected chi connectivity index (χ0v) is 15.3. The van der Waals surface area contributed by atoms with Gasteiger partial charge in [0.25, 0.3) is 0 Å². The first-order valence-corrected chi connectivity index (χ1v) is 9.89. The van der Waals surface area contributed by atoms with Crippen molar-refractivity contribution in [1.29, 1.82) is 0 Å². The second-order valence-corrected chi connectivity index (χ2v) is 9.41. The standard InChI is InChI=1S/C21H32O3/c1-12-10-16-13(2)17(23)7-9-21(16,11-22)15-6-8-20(3)14(19(12)15)4-5-18(20)24/h10,12-15,18-19,22,24H,4-9,11H2,1-3H3/t12-,13+,14+,15+,18+,19+,20+,21+/m1/s1. The molecule has 4 aliphatic carbocycles. The Morgan fingerprint density at radius 2 is 1.92 bits per heavy atom. The molecule has 3 fully saturated rings. The summed E-state index contributed by atoms with van der Waals surface area (Å²) in [5, 5.41) is 21.0. The van der Waals surface area contributed by atoms with Crippen LogP contribution in [0.4, 0.5) is 0 Å². The Hall–Kier alpha value is -0.670. The molecule has 0 radical (unpaired) electrons. The van der Waals surface area contributed by atoms with Crippen molar-refractivity contribution >= 4 is 5.78 Å². The number of aliphatic hydroxyl groups excluding tert-OH is 2. The van der Waals surface area contributed by atoms with Crippen molar-refractivity contribution in [2.75, 3.05) is 6.61 Å². The number of hydrogen-bond donors (Lipinski definition) is 2. The third-order valence-corrected chi connectivity index (χ3v) is 8.67. The summed E-state index contributed by atoms with van der Waals surface area (Å²) >= 11 is 0. The van der Waals surface area contributed by atoms with Crippen molar-refractivity contribution < 1.29 is 15.0 Å². The minimum Gasteiger partial charge on any atom is -0.395 e. The fraction of sp³-hybridized carbons (Fsp3) is 0.857. The molecule has 0 aromatic carbocycles. The lowest BCUT2D eigenvalue weighted by Crippen LogP contribution is -2.56. The molecule has 3 saturated carbocycles. The first-order chi connectivity index (χ1) is 11.3. The number of aliphatic hydroxyl groups is 2. The number of hydrogen-bond acceptors (Lipinski definition) is 3. The van der Waals surface area contributed by atoms with Crippen molar-refractivity contribution in [2.24, 2.45) is 40.4 Å². The lowest BCUT2D eigenvalue weighted by atomic mass is 9.45. The Labute approximate surface area is 145 Å². The van der Waals surface area contributed by atoms with E-state index < -0.39 is 0 Å². The second-order valence-electron chi connectivity index (χ2n) is 9.41. The van der Waals surface area contributed by atoms with E-state index in [1.807, 2.05) is 6.92 Å². The molecule has 0 aliphatic heterocycles. The molecule has 8 atom stereocenters. The van der Waals surface area contributed by atoms with Crippen LogP contribution in [0.25, 0.3) is 0 Å². The van der Waals surface area contributed by atoms with Crippen molar-refractivity contribution in [3.8, 4) is 0 Å². The Morgan fingerprint density at radius 1 is 1.17 bits per heavy atom. The number of ketones is 1. The molecule has 0 heterocycles. The van der Waals surface area contributed by atoms with Crippen molar-refractivity contribution in [1.82, 2.24) is 0 Å². The lowest BCUT2D eigenvalue weighted by Gasteiger charge is -2.60. The Kier molecular flexibility index (Phi) is 3.78. The Morgan fingerprint density at radius 3 is 2.62 bits per heavy atom. The third-order valence-electron chi connectivity index (χ3n) is 8.67. The highest BCUT2D eigenvalue weighted by Gasteiger charge is 2.61. The summed E-state index contributed by atoms with van der Waals surface area (Å²) in [6.07, 6.45) is 7.78. The second kappa shape index (κ2) is 5.41. The number of carbonyl (C=O) groups excluding carboxylic acids is 1. The van der Waals surface area contributed by atoms with E-state index in [0.29, 0.717) is 35.9 Å².